The Hall–Kier alpha value is -2.03. The van der Waals surface area contributed by atoms with E-state index in [4.69, 9.17) is 28.9 Å². The number of para-hydroxylation sites is 1. The van der Waals surface area contributed by atoms with Gasteiger partial charge in [0.1, 0.15) is 0 Å². The molecule has 5 rings (SSSR count). The zero-order valence-corrected chi connectivity index (χ0v) is 19.1. The van der Waals surface area contributed by atoms with E-state index < -0.39 is 0 Å². The quantitative estimate of drug-likeness (QED) is 0.398. The van der Waals surface area contributed by atoms with Crippen molar-refractivity contribution in [2.24, 2.45) is 0 Å². The molecule has 1 saturated heterocycles. The van der Waals surface area contributed by atoms with E-state index in [1.165, 1.54) is 0 Å². The van der Waals surface area contributed by atoms with Crippen LogP contribution in [0.2, 0.25) is 5.02 Å². The molecule has 0 saturated carbocycles. The molecule has 0 N–H and O–H groups in total. The summed E-state index contributed by atoms with van der Waals surface area (Å²) in [5.74, 6) is 0.798. The number of hydrogen-bond donors (Lipinski definition) is 0. The maximum Gasteiger partial charge on any atom is 0.204 e. The van der Waals surface area contributed by atoms with Crippen LogP contribution in [0.1, 0.15) is 0 Å². The van der Waals surface area contributed by atoms with Crippen LogP contribution in [0.5, 0.6) is 0 Å². The lowest BCUT2D eigenvalue weighted by Gasteiger charge is -2.31. The minimum atomic E-state index is 0.683. The van der Waals surface area contributed by atoms with Crippen LogP contribution in [-0.4, -0.2) is 57.4 Å². The number of likely N-dealkylation sites (N-methyl/N-ethyl adjacent to an activating group) is 1. The number of benzene rings is 2. The minimum Gasteiger partial charge on any atom is -0.304 e. The summed E-state index contributed by atoms with van der Waals surface area (Å²) < 4.78 is 5.81. The Morgan fingerprint density at radius 2 is 1.70 bits per heavy atom. The summed E-state index contributed by atoms with van der Waals surface area (Å²) in [6.07, 6.45) is 0. The van der Waals surface area contributed by atoms with Gasteiger partial charge in [-0.3, -0.25) is 9.47 Å². The van der Waals surface area contributed by atoms with E-state index >= 15 is 0 Å². The maximum atomic E-state index is 6.82. The largest absolute Gasteiger partial charge is 0.304 e. The van der Waals surface area contributed by atoms with Gasteiger partial charge >= 0.3 is 0 Å². The Bertz CT molecular complexity index is 1240. The average molecular weight is 456 g/mol. The molecule has 2 aromatic heterocycles. The molecular formula is C22H22ClN5S2. The third-order valence-electron chi connectivity index (χ3n) is 5.52. The second-order valence-corrected chi connectivity index (χ2v) is 9.38. The molecule has 154 valence electrons. The highest BCUT2D eigenvalue weighted by molar-refractivity contribution is 7.71. The fourth-order valence-electron chi connectivity index (χ4n) is 3.79. The molecule has 30 heavy (non-hydrogen) atoms. The fourth-order valence-corrected chi connectivity index (χ4v) is 5.57. The van der Waals surface area contributed by atoms with Crippen LogP contribution in [0, 0.1) is 4.77 Å². The van der Waals surface area contributed by atoms with Crippen molar-refractivity contribution in [3.05, 3.63) is 64.4 Å². The van der Waals surface area contributed by atoms with Gasteiger partial charge in [0.15, 0.2) is 5.82 Å². The first-order valence-corrected chi connectivity index (χ1v) is 11.6. The first-order valence-electron chi connectivity index (χ1n) is 9.95. The molecule has 1 aliphatic rings. The zero-order chi connectivity index (χ0) is 20.7. The number of fused-ring (bicyclic) bond motifs is 1. The van der Waals surface area contributed by atoms with Gasteiger partial charge in [-0.15, -0.1) is 16.4 Å². The third kappa shape index (κ3) is 3.61. The van der Waals surface area contributed by atoms with E-state index in [9.17, 15) is 0 Å². The van der Waals surface area contributed by atoms with Gasteiger partial charge in [0.05, 0.1) is 22.3 Å². The minimum absolute atomic E-state index is 0.683. The van der Waals surface area contributed by atoms with Gasteiger partial charge in [-0.25, -0.2) is 4.68 Å². The van der Waals surface area contributed by atoms with E-state index in [1.54, 1.807) is 11.3 Å². The van der Waals surface area contributed by atoms with E-state index in [-0.39, 0.29) is 0 Å². The highest BCUT2D eigenvalue weighted by Crippen LogP contribution is 2.42. The molecule has 1 aliphatic heterocycles. The van der Waals surface area contributed by atoms with Crippen molar-refractivity contribution in [3.8, 4) is 16.4 Å². The van der Waals surface area contributed by atoms with Crippen LogP contribution < -0.4 is 0 Å². The number of nitrogens with zero attached hydrogens (tertiary/aromatic N) is 5. The lowest BCUT2D eigenvalue weighted by Crippen LogP contribution is -2.45. The smallest absolute Gasteiger partial charge is 0.204 e. The van der Waals surface area contributed by atoms with Crippen molar-refractivity contribution in [1.29, 1.82) is 0 Å². The van der Waals surface area contributed by atoms with Gasteiger partial charge in [0.25, 0.3) is 0 Å². The molecule has 1 fully saturated rings. The Morgan fingerprint density at radius 3 is 2.43 bits per heavy atom. The van der Waals surface area contributed by atoms with Gasteiger partial charge in [-0.2, -0.15) is 0 Å². The van der Waals surface area contributed by atoms with Gasteiger partial charge in [-0.1, -0.05) is 48.0 Å². The predicted molar refractivity (Wildman–Crippen MR) is 127 cm³/mol. The Balaban J connectivity index is 1.64. The van der Waals surface area contributed by atoms with Crippen LogP contribution in [0.25, 0.3) is 26.5 Å². The summed E-state index contributed by atoms with van der Waals surface area (Å²) in [5, 5.41) is 6.76. The molecule has 3 heterocycles. The predicted octanol–water partition coefficient (Wildman–Crippen LogP) is 5.14. The summed E-state index contributed by atoms with van der Waals surface area (Å²) in [7, 11) is 2.16. The first-order chi connectivity index (χ1) is 14.6. The summed E-state index contributed by atoms with van der Waals surface area (Å²) in [5.41, 5.74) is 0.996. The molecule has 0 spiro atoms. The van der Waals surface area contributed by atoms with Crippen LogP contribution in [0.4, 0.5) is 0 Å². The van der Waals surface area contributed by atoms with Crippen LogP contribution >= 0.6 is 35.2 Å². The maximum absolute atomic E-state index is 6.82. The van der Waals surface area contributed by atoms with Gasteiger partial charge in [-0.05, 0) is 37.5 Å². The SMILES string of the molecule is CN1CCN(Cn2nc(-c3sc4ccccc4c3Cl)n(-c3ccccc3)c2=S)CC1. The molecule has 0 bridgehead atoms. The molecule has 5 nitrogen and oxygen atoms in total. The van der Waals surface area contributed by atoms with Gasteiger partial charge in [0, 0.05) is 36.3 Å². The number of thiophene rings is 1. The van der Waals surface area contributed by atoms with Gasteiger partial charge < -0.3 is 4.90 Å². The van der Waals surface area contributed by atoms with Crippen molar-refractivity contribution >= 4 is 45.2 Å². The lowest BCUT2D eigenvalue weighted by molar-refractivity contribution is 0.119. The number of piperazine rings is 1. The number of hydrogen-bond acceptors (Lipinski definition) is 5. The summed E-state index contributed by atoms with van der Waals surface area (Å²) in [6.45, 7) is 4.82. The second kappa shape index (κ2) is 8.24. The Morgan fingerprint density at radius 1 is 1.00 bits per heavy atom. The second-order valence-electron chi connectivity index (χ2n) is 7.58. The van der Waals surface area contributed by atoms with E-state index in [0.29, 0.717) is 11.4 Å². The van der Waals surface area contributed by atoms with Crippen molar-refractivity contribution < 1.29 is 0 Å². The molecular weight excluding hydrogens is 434 g/mol. The molecule has 0 radical (unpaired) electrons. The monoisotopic (exact) mass is 455 g/mol. The van der Waals surface area contributed by atoms with E-state index in [2.05, 4.69) is 41.1 Å². The van der Waals surface area contributed by atoms with Crippen molar-refractivity contribution in [2.75, 3.05) is 33.2 Å². The lowest BCUT2D eigenvalue weighted by atomic mass is 10.2. The zero-order valence-electron chi connectivity index (χ0n) is 16.7. The molecule has 4 aromatic rings. The van der Waals surface area contributed by atoms with Gasteiger partial charge in [0.2, 0.25) is 4.77 Å². The average Bonchev–Trinajstić information content (AvgIpc) is 3.27. The normalized spacial score (nSPS) is 15.8. The molecule has 8 heteroatoms. The van der Waals surface area contributed by atoms with E-state index in [1.807, 2.05) is 39.6 Å². The third-order valence-corrected chi connectivity index (χ3v) is 7.59. The summed E-state index contributed by atoms with van der Waals surface area (Å²) >= 11 is 14.4. The summed E-state index contributed by atoms with van der Waals surface area (Å²) in [4.78, 5) is 5.69. The van der Waals surface area contributed by atoms with Crippen LogP contribution in [0.3, 0.4) is 0 Å². The standard InChI is InChI=1S/C22H22ClN5S2/c1-25-11-13-26(14-12-25)15-27-22(29)28(16-7-3-2-4-8-16)21(24-27)20-19(23)17-9-5-6-10-18(17)30-20/h2-10H,11-15H2,1H3. The van der Waals surface area contributed by atoms with Crippen LogP contribution in [0.15, 0.2) is 54.6 Å². The van der Waals surface area contributed by atoms with Crippen LogP contribution in [-0.2, 0) is 6.67 Å². The van der Waals surface area contributed by atoms with Crippen molar-refractivity contribution in [1.82, 2.24) is 24.1 Å². The Kier molecular flexibility index (Phi) is 5.47. The molecule has 2 aromatic carbocycles. The molecule has 0 unspecified atom stereocenters. The fraction of sp³-hybridized carbons (Fsp3) is 0.273. The molecule has 0 amide bonds. The molecule has 0 aliphatic carbocycles. The number of halogens is 1. The highest BCUT2D eigenvalue weighted by Gasteiger charge is 2.22. The van der Waals surface area contributed by atoms with E-state index in [0.717, 1.165) is 57.7 Å². The Labute approximate surface area is 189 Å². The summed E-state index contributed by atoms with van der Waals surface area (Å²) in [6, 6.07) is 18.4. The highest BCUT2D eigenvalue weighted by atomic mass is 35.5. The topological polar surface area (TPSA) is 29.2 Å². The number of rotatable bonds is 4. The first kappa shape index (κ1) is 19.9. The van der Waals surface area contributed by atoms with Crippen molar-refractivity contribution in [3.63, 3.8) is 0 Å². The number of aromatic nitrogens is 3. The van der Waals surface area contributed by atoms with Crippen molar-refractivity contribution in [2.45, 2.75) is 6.67 Å². The molecule has 0 atom stereocenters.